The number of halogens is 4. The summed E-state index contributed by atoms with van der Waals surface area (Å²) in [5, 5.41) is 14.9. The van der Waals surface area contributed by atoms with Gasteiger partial charge in [-0.25, -0.2) is 27.7 Å². The summed E-state index contributed by atoms with van der Waals surface area (Å²) in [6, 6.07) is 5.85. The molecular formula is C54H75Cl2F2N11O15S2. The van der Waals surface area contributed by atoms with Crippen LogP contribution < -0.4 is 31.7 Å². The molecule has 0 aliphatic carbocycles. The molecule has 0 bridgehead atoms. The molecule has 6 N–H and O–H groups in total. The van der Waals surface area contributed by atoms with Crippen molar-refractivity contribution in [2.45, 2.75) is 117 Å². The zero-order valence-electron chi connectivity index (χ0n) is 49.4. The highest BCUT2D eigenvalue weighted by Crippen LogP contribution is 2.34. The molecule has 5 aromatic rings. The lowest BCUT2D eigenvalue weighted by molar-refractivity contribution is -0.177. The van der Waals surface area contributed by atoms with E-state index in [4.69, 9.17) is 57.2 Å². The van der Waals surface area contributed by atoms with Gasteiger partial charge in [0.05, 0.1) is 25.7 Å². The van der Waals surface area contributed by atoms with Gasteiger partial charge in [-0.2, -0.15) is 21.1 Å². The number of carbonyl (C=O) groups excluding carboxylic acids is 4. The Hall–Kier alpha value is -6.51. The molecular weight excluding hydrogens is 1220 g/mol. The number of nitrogens with two attached hydrogens (primary N) is 1. The highest BCUT2D eigenvalue weighted by atomic mass is 35.5. The Morgan fingerprint density at radius 2 is 1.41 bits per heavy atom. The monoisotopic (exact) mass is 1290 g/mol. The van der Waals surface area contributed by atoms with Crippen LogP contribution in [0.2, 0.25) is 10.0 Å². The van der Waals surface area contributed by atoms with E-state index in [-0.39, 0.29) is 90.7 Å². The van der Waals surface area contributed by atoms with Crippen molar-refractivity contribution in [1.82, 2.24) is 38.7 Å². The fraction of sp³-hybridized carbons (Fsp3) is 0.537. The average molecular weight is 1290 g/mol. The molecule has 86 heavy (non-hydrogen) atoms. The predicted octanol–water partition coefficient (Wildman–Crippen LogP) is 5.49. The SMILES string of the molecule is CCOC(=O)C(NC(=O)c1nn(S(=O)(=O)N(C)C)c(N2CCC[C@@H](NC(=O)OC(C)(C)C)C2)c1Cc1cc(F)ccc1Cl)C(OCC)OCC.CCOC(=O)c1cn2nc(N3CCC[C@@H](N)C3)c(Cc3cc(F)ccc3Cl)c2c(=O)[nH]1.CS(=O)(=O)O. The smallest absolute Gasteiger partial charge is 0.407 e. The Morgan fingerprint density at radius 1 is 0.849 bits per heavy atom. The molecule has 2 amide bonds. The first kappa shape index (κ1) is 70.3. The summed E-state index contributed by atoms with van der Waals surface area (Å²) in [5.74, 6) is -2.91. The lowest BCUT2D eigenvalue weighted by atomic mass is 10.0. The van der Waals surface area contributed by atoms with Crippen LogP contribution in [0.15, 0.2) is 47.4 Å². The number of hydrogen-bond donors (Lipinski definition) is 5. The van der Waals surface area contributed by atoms with Crippen molar-refractivity contribution in [3.63, 3.8) is 0 Å². The van der Waals surface area contributed by atoms with Gasteiger partial charge in [-0.05, 0) is 122 Å². The highest BCUT2D eigenvalue weighted by Gasteiger charge is 2.39. The van der Waals surface area contributed by atoms with Gasteiger partial charge in [0.1, 0.15) is 34.3 Å². The molecule has 0 saturated carbocycles. The number of anilines is 2. The Morgan fingerprint density at radius 3 is 1.94 bits per heavy atom. The molecule has 2 aliphatic rings. The summed E-state index contributed by atoms with van der Waals surface area (Å²) in [5.41, 5.74) is 6.25. The first-order chi connectivity index (χ1) is 40.3. The fourth-order valence-electron chi connectivity index (χ4n) is 9.20. The minimum atomic E-state index is -4.40. The second kappa shape index (κ2) is 30.9. The summed E-state index contributed by atoms with van der Waals surface area (Å²) in [7, 11) is -5.46. The number of nitrogens with one attached hydrogen (secondary N) is 3. The van der Waals surface area contributed by atoms with Gasteiger partial charge in [-0.1, -0.05) is 23.2 Å². The van der Waals surface area contributed by atoms with Crippen molar-refractivity contribution in [2.75, 3.05) is 82.8 Å². The van der Waals surface area contributed by atoms with Gasteiger partial charge in [-0.3, -0.25) is 14.1 Å². The number of nitrogens with zero attached hydrogens (tertiary/aromatic N) is 7. The van der Waals surface area contributed by atoms with Gasteiger partial charge in [-0.15, -0.1) is 14.3 Å². The third kappa shape index (κ3) is 19.5. The number of aromatic nitrogens is 5. The molecule has 0 radical (unpaired) electrons. The maximum absolute atomic E-state index is 14.5. The van der Waals surface area contributed by atoms with Gasteiger partial charge in [0, 0.05) is 99.6 Å². The van der Waals surface area contributed by atoms with Crippen molar-refractivity contribution in [3.05, 3.63) is 108 Å². The van der Waals surface area contributed by atoms with E-state index in [0.717, 1.165) is 27.8 Å². The van der Waals surface area contributed by atoms with Crippen LogP contribution in [0.25, 0.3) is 5.52 Å². The topological polar surface area (TPSA) is 331 Å². The average Bonchev–Trinajstić information content (AvgIpc) is 1.66. The van der Waals surface area contributed by atoms with E-state index in [2.05, 4.69) is 25.8 Å². The second-order valence-corrected chi connectivity index (χ2v) is 25.2. The standard InChI is InChI=1S/C32H48ClFN6O9S.C21H23ClFN5O3.CH4O3S/c1-9-46-29(42)26(30(47-10-2)48-11-3)36-27(41)25-23(18-20-17-21(34)14-15-24(20)33)28(40(37-25)50(44,45)38(7)8)39-16-12-13-22(19-39)35-31(43)49-32(4,5)6;1-2-31-21(30)17-11-28-18(20(29)25-17)15(9-12-8-13(23)5-6-16(12)22)19(26-28)27-7-3-4-14(24)10-27;1-5(2,3)4/h14-15,17,22,26,30H,9-13,16,18-19H2,1-8H3,(H,35,43)(H,36,41);5-6,8,11,14H,2-4,7,9-10,24H2,1H3,(H,25,29);1H3,(H,2,3,4)/t22-,26?;14-;/m11./s1. The summed E-state index contributed by atoms with van der Waals surface area (Å²) < 4.78 is 112. The van der Waals surface area contributed by atoms with Crippen LogP contribution in [-0.4, -0.2) is 176 Å². The number of aromatic amines is 1. The van der Waals surface area contributed by atoms with Crippen LogP contribution in [0, 0.1) is 11.6 Å². The van der Waals surface area contributed by atoms with Crippen LogP contribution in [0.4, 0.5) is 25.2 Å². The van der Waals surface area contributed by atoms with E-state index in [9.17, 15) is 49.6 Å². The van der Waals surface area contributed by atoms with Crippen molar-refractivity contribution in [3.8, 4) is 0 Å². The van der Waals surface area contributed by atoms with Gasteiger partial charge in [0.2, 0.25) is 0 Å². The lowest BCUT2D eigenvalue weighted by Gasteiger charge is -2.35. The number of piperidine rings is 2. The summed E-state index contributed by atoms with van der Waals surface area (Å²) in [6.07, 6.45) is 3.08. The van der Waals surface area contributed by atoms with Crippen molar-refractivity contribution < 1.29 is 73.0 Å². The number of alkyl carbamates (subject to hydrolysis) is 1. The third-order valence-electron chi connectivity index (χ3n) is 12.7. The number of H-pyrrole nitrogens is 1. The number of rotatable bonds is 20. The molecule has 3 aromatic heterocycles. The molecule has 32 heteroatoms. The van der Waals surface area contributed by atoms with Crippen LogP contribution >= 0.6 is 23.2 Å². The van der Waals surface area contributed by atoms with Crippen LogP contribution in [0.1, 0.15) is 117 Å². The van der Waals surface area contributed by atoms with Crippen LogP contribution in [0.3, 0.4) is 0 Å². The van der Waals surface area contributed by atoms with Crippen LogP contribution in [-0.2, 0) is 61.6 Å². The number of hydrogen-bond acceptors (Lipinski definition) is 19. The Balaban J connectivity index is 0.000000317. The van der Waals surface area contributed by atoms with Crippen molar-refractivity contribution >= 4 is 84.6 Å². The first-order valence-corrected chi connectivity index (χ1v) is 31.4. The number of ether oxygens (including phenoxy) is 5. The Bertz CT molecular complexity index is 3480. The predicted molar refractivity (Wildman–Crippen MR) is 317 cm³/mol. The number of carbonyl (C=O) groups is 4. The number of amides is 2. The summed E-state index contributed by atoms with van der Waals surface area (Å²) in [6.45, 7) is 14.0. The van der Waals surface area contributed by atoms with Crippen molar-refractivity contribution in [1.29, 1.82) is 0 Å². The summed E-state index contributed by atoms with van der Waals surface area (Å²) in [4.78, 5) is 71.4. The molecule has 2 aliphatic heterocycles. The Kier molecular flexibility index (Phi) is 25.2. The zero-order chi connectivity index (χ0) is 64.0. The number of fused-ring (bicyclic) bond motifs is 1. The third-order valence-corrected chi connectivity index (χ3v) is 15.1. The molecule has 1 unspecified atom stereocenters. The lowest BCUT2D eigenvalue weighted by Crippen LogP contribution is -2.52. The quantitative estimate of drug-likeness (QED) is 0.0278. The molecule has 476 valence electrons. The van der Waals surface area contributed by atoms with Crippen molar-refractivity contribution in [2.24, 2.45) is 5.73 Å². The maximum atomic E-state index is 14.5. The molecule has 0 spiro atoms. The first-order valence-electron chi connectivity index (χ1n) is 27.4. The maximum Gasteiger partial charge on any atom is 0.407 e. The van der Waals surface area contributed by atoms with E-state index < -0.39 is 85.4 Å². The molecule has 2 saturated heterocycles. The van der Waals surface area contributed by atoms with Gasteiger partial charge in [0.25, 0.3) is 21.6 Å². The van der Waals surface area contributed by atoms with Gasteiger partial charge >= 0.3 is 28.2 Å². The van der Waals surface area contributed by atoms with E-state index in [1.165, 1.54) is 61.2 Å². The zero-order valence-corrected chi connectivity index (χ0v) is 52.6. The van der Waals surface area contributed by atoms with Gasteiger partial charge < -0.3 is 54.8 Å². The van der Waals surface area contributed by atoms with E-state index in [1.54, 1.807) is 53.4 Å². The largest absolute Gasteiger partial charge is 0.464 e. The molecule has 3 atom stereocenters. The number of benzene rings is 2. The molecule has 7 rings (SSSR count). The van der Waals surface area contributed by atoms with Crippen LogP contribution in [0.5, 0.6) is 0 Å². The molecule has 2 aromatic carbocycles. The number of esters is 2. The fourth-order valence-corrected chi connectivity index (χ4v) is 10.5. The molecule has 2 fully saturated rings. The highest BCUT2D eigenvalue weighted by molar-refractivity contribution is 7.87. The minimum Gasteiger partial charge on any atom is -0.464 e. The normalized spacial score (nSPS) is 16.0. The summed E-state index contributed by atoms with van der Waals surface area (Å²) >= 11 is 12.8. The van der Waals surface area contributed by atoms with Gasteiger partial charge in [0.15, 0.2) is 23.8 Å². The van der Waals surface area contributed by atoms with E-state index in [0.29, 0.717) is 54.2 Å². The molecule has 26 nitrogen and oxygen atoms in total. The minimum absolute atomic E-state index is 0.000849. The molecule has 5 heterocycles. The second-order valence-electron chi connectivity index (χ2n) is 20.9. The van der Waals surface area contributed by atoms with E-state index in [1.807, 2.05) is 4.90 Å². The van der Waals surface area contributed by atoms with E-state index >= 15 is 0 Å². The Labute approximate surface area is 507 Å².